The topological polar surface area (TPSA) is 61.8 Å². The monoisotopic (exact) mass is 333 g/mol. The SMILES string of the molecule is CCCCC(=O)N1CCN(c2ccc(N3CCOCC3)nn2)CC1. The molecule has 7 heteroatoms. The molecule has 2 saturated heterocycles. The van der Waals surface area contributed by atoms with E-state index in [0.717, 1.165) is 77.0 Å². The molecule has 0 unspecified atom stereocenters. The summed E-state index contributed by atoms with van der Waals surface area (Å²) in [5, 5.41) is 8.76. The van der Waals surface area contributed by atoms with Gasteiger partial charge in [0.2, 0.25) is 5.91 Å². The van der Waals surface area contributed by atoms with Gasteiger partial charge < -0.3 is 19.4 Å². The minimum absolute atomic E-state index is 0.283. The average molecular weight is 333 g/mol. The van der Waals surface area contributed by atoms with Crippen molar-refractivity contribution in [3.63, 3.8) is 0 Å². The van der Waals surface area contributed by atoms with Crippen molar-refractivity contribution in [1.82, 2.24) is 15.1 Å². The van der Waals surface area contributed by atoms with E-state index in [1.807, 2.05) is 17.0 Å². The summed E-state index contributed by atoms with van der Waals surface area (Å²) >= 11 is 0. The van der Waals surface area contributed by atoms with Crippen LogP contribution in [0.2, 0.25) is 0 Å². The van der Waals surface area contributed by atoms with Crippen LogP contribution in [0.25, 0.3) is 0 Å². The lowest BCUT2D eigenvalue weighted by molar-refractivity contribution is -0.131. The summed E-state index contributed by atoms with van der Waals surface area (Å²) in [5.74, 6) is 2.09. The number of piperazine rings is 1. The van der Waals surface area contributed by atoms with Crippen LogP contribution in [0.3, 0.4) is 0 Å². The number of anilines is 2. The van der Waals surface area contributed by atoms with E-state index in [-0.39, 0.29) is 5.91 Å². The van der Waals surface area contributed by atoms with E-state index in [9.17, 15) is 4.79 Å². The minimum Gasteiger partial charge on any atom is -0.378 e. The highest BCUT2D eigenvalue weighted by atomic mass is 16.5. The lowest BCUT2D eigenvalue weighted by atomic mass is 10.2. The largest absolute Gasteiger partial charge is 0.378 e. The van der Waals surface area contributed by atoms with Gasteiger partial charge in [0, 0.05) is 45.7 Å². The first-order chi connectivity index (χ1) is 11.8. The van der Waals surface area contributed by atoms with Gasteiger partial charge in [-0.15, -0.1) is 10.2 Å². The molecule has 3 rings (SSSR count). The molecule has 0 radical (unpaired) electrons. The predicted molar refractivity (Wildman–Crippen MR) is 93.4 cm³/mol. The molecule has 1 aromatic heterocycles. The highest BCUT2D eigenvalue weighted by Gasteiger charge is 2.22. The maximum atomic E-state index is 12.1. The number of carbonyl (C=O) groups excluding carboxylic acids is 1. The van der Waals surface area contributed by atoms with E-state index in [2.05, 4.69) is 26.9 Å². The second-order valence-electron chi connectivity index (χ2n) is 6.32. The lowest BCUT2D eigenvalue weighted by Gasteiger charge is -2.35. The van der Waals surface area contributed by atoms with E-state index < -0.39 is 0 Å². The van der Waals surface area contributed by atoms with E-state index in [1.165, 1.54) is 0 Å². The maximum Gasteiger partial charge on any atom is 0.222 e. The molecule has 0 bridgehead atoms. The predicted octanol–water partition coefficient (Wildman–Crippen LogP) is 1.15. The Hall–Kier alpha value is -1.89. The Bertz CT molecular complexity index is 522. The number of nitrogens with zero attached hydrogens (tertiary/aromatic N) is 5. The molecule has 132 valence electrons. The highest BCUT2D eigenvalue weighted by molar-refractivity contribution is 5.76. The van der Waals surface area contributed by atoms with Crippen LogP contribution in [0.1, 0.15) is 26.2 Å². The molecule has 2 fully saturated rings. The Morgan fingerprint density at radius 3 is 2.12 bits per heavy atom. The van der Waals surface area contributed by atoms with E-state index in [4.69, 9.17) is 4.74 Å². The van der Waals surface area contributed by atoms with E-state index in [1.54, 1.807) is 0 Å². The van der Waals surface area contributed by atoms with Crippen LogP contribution < -0.4 is 9.80 Å². The number of hydrogen-bond acceptors (Lipinski definition) is 6. The number of hydrogen-bond donors (Lipinski definition) is 0. The molecule has 7 nitrogen and oxygen atoms in total. The van der Waals surface area contributed by atoms with Crippen molar-refractivity contribution >= 4 is 17.5 Å². The molecule has 1 aromatic rings. The fourth-order valence-corrected chi connectivity index (χ4v) is 3.12. The van der Waals surface area contributed by atoms with E-state index >= 15 is 0 Å². The molecular formula is C17H27N5O2. The van der Waals surface area contributed by atoms with Crippen LogP contribution in [0.4, 0.5) is 11.6 Å². The van der Waals surface area contributed by atoms with Crippen molar-refractivity contribution in [3.8, 4) is 0 Å². The number of aromatic nitrogens is 2. The smallest absolute Gasteiger partial charge is 0.222 e. The number of ether oxygens (including phenoxy) is 1. The molecule has 1 amide bonds. The Morgan fingerprint density at radius 1 is 1.00 bits per heavy atom. The first-order valence-electron chi connectivity index (χ1n) is 8.97. The highest BCUT2D eigenvalue weighted by Crippen LogP contribution is 2.17. The molecule has 0 spiro atoms. The van der Waals surface area contributed by atoms with Crippen LogP contribution in [-0.2, 0) is 9.53 Å². The summed E-state index contributed by atoms with van der Waals surface area (Å²) in [6.07, 6.45) is 2.72. The number of rotatable bonds is 5. The van der Waals surface area contributed by atoms with Crippen molar-refractivity contribution in [1.29, 1.82) is 0 Å². The summed E-state index contributed by atoms with van der Waals surface area (Å²) in [7, 11) is 0. The molecule has 2 aliphatic rings. The number of carbonyl (C=O) groups is 1. The fraction of sp³-hybridized carbons (Fsp3) is 0.706. The average Bonchev–Trinajstić information content (AvgIpc) is 2.67. The third kappa shape index (κ3) is 4.14. The van der Waals surface area contributed by atoms with Gasteiger partial charge in [0.25, 0.3) is 0 Å². The van der Waals surface area contributed by atoms with Gasteiger partial charge in [0.1, 0.15) is 0 Å². The summed E-state index contributed by atoms with van der Waals surface area (Å²) in [4.78, 5) is 18.5. The molecule has 0 aromatic carbocycles. The Balaban J connectivity index is 1.52. The maximum absolute atomic E-state index is 12.1. The van der Waals surface area contributed by atoms with Crippen LogP contribution in [0, 0.1) is 0 Å². The summed E-state index contributed by atoms with van der Waals surface area (Å²) in [6.45, 7) is 8.54. The van der Waals surface area contributed by atoms with Crippen molar-refractivity contribution in [3.05, 3.63) is 12.1 Å². The number of unbranched alkanes of at least 4 members (excludes halogenated alkanes) is 1. The third-order valence-corrected chi connectivity index (χ3v) is 4.67. The van der Waals surface area contributed by atoms with Gasteiger partial charge in [-0.3, -0.25) is 4.79 Å². The van der Waals surface area contributed by atoms with Crippen LogP contribution in [-0.4, -0.2) is 73.5 Å². The molecule has 3 heterocycles. The number of amides is 1. The molecule has 0 saturated carbocycles. The van der Waals surface area contributed by atoms with Crippen LogP contribution in [0.5, 0.6) is 0 Å². The van der Waals surface area contributed by atoms with Gasteiger partial charge in [0.05, 0.1) is 13.2 Å². The Labute approximate surface area is 143 Å². The normalized spacial score (nSPS) is 18.8. The number of morpholine rings is 1. The fourth-order valence-electron chi connectivity index (χ4n) is 3.12. The molecule has 2 aliphatic heterocycles. The quantitative estimate of drug-likeness (QED) is 0.806. The van der Waals surface area contributed by atoms with Crippen molar-refractivity contribution in [2.45, 2.75) is 26.2 Å². The second-order valence-corrected chi connectivity index (χ2v) is 6.32. The minimum atomic E-state index is 0.283. The van der Waals surface area contributed by atoms with Crippen molar-refractivity contribution in [2.24, 2.45) is 0 Å². The Kier molecular flexibility index (Phi) is 5.85. The van der Waals surface area contributed by atoms with Gasteiger partial charge >= 0.3 is 0 Å². The second kappa shape index (κ2) is 8.28. The van der Waals surface area contributed by atoms with Gasteiger partial charge in [-0.05, 0) is 18.6 Å². The summed E-state index contributed by atoms with van der Waals surface area (Å²) in [5.41, 5.74) is 0. The van der Waals surface area contributed by atoms with Crippen molar-refractivity contribution < 1.29 is 9.53 Å². The van der Waals surface area contributed by atoms with Crippen LogP contribution >= 0.6 is 0 Å². The zero-order valence-electron chi connectivity index (χ0n) is 14.5. The lowest BCUT2D eigenvalue weighted by Crippen LogP contribution is -2.49. The van der Waals surface area contributed by atoms with Crippen LogP contribution in [0.15, 0.2) is 12.1 Å². The zero-order valence-corrected chi connectivity index (χ0v) is 14.5. The van der Waals surface area contributed by atoms with Gasteiger partial charge in [-0.25, -0.2) is 0 Å². The third-order valence-electron chi connectivity index (χ3n) is 4.67. The van der Waals surface area contributed by atoms with Gasteiger partial charge in [-0.1, -0.05) is 13.3 Å². The molecule has 0 atom stereocenters. The molecular weight excluding hydrogens is 306 g/mol. The molecule has 24 heavy (non-hydrogen) atoms. The van der Waals surface area contributed by atoms with E-state index in [0.29, 0.717) is 6.42 Å². The Morgan fingerprint density at radius 2 is 1.58 bits per heavy atom. The first kappa shape index (κ1) is 17.0. The summed E-state index contributed by atoms with van der Waals surface area (Å²) in [6, 6.07) is 4.07. The standard InChI is InChI=1S/C17H27N5O2/c1-2-3-4-17(23)22-9-7-20(8-10-22)15-5-6-16(19-18-15)21-11-13-24-14-12-21/h5-6H,2-4,7-14H2,1H3. The zero-order chi connectivity index (χ0) is 16.8. The molecule has 0 aliphatic carbocycles. The van der Waals surface area contributed by atoms with Crippen molar-refractivity contribution in [2.75, 3.05) is 62.3 Å². The van der Waals surface area contributed by atoms with Gasteiger partial charge in [0.15, 0.2) is 11.6 Å². The first-order valence-corrected chi connectivity index (χ1v) is 8.97. The van der Waals surface area contributed by atoms with Gasteiger partial charge in [-0.2, -0.15) is 0 Å². The summed E-state index contributed by atoms with van der Waals surface area (Å²) < 4.78 is 5.36. The molecule has 0 N–H and O–H groups in total.